The van der Waals surface area contributed by atoms with Crippen molar-refractivity contribution in [3.8, 4) is 0 Å². The third kappa shape index (κ3) is 41.7. The summed E-state index contributed by atoms with van der Waals surface area (Å²) in [5.74, 6) is 3.36. The van der Waals surface area contributed by atoms with E-state index in [0.717, 1.165) is 132 Å². The van der Waals surface area contributed by atoms with Gasteiger partial charge in [0.25, 0.3) is 0 Å². The first-order chi connectivity index (χ1) is 30.6. The van der Waals surface area contributed by atoms with Gasteiger partial charge < -0.3 is 24.0 Å². The normalized spacial score (nSPS) is 12.9. The average molecular weight is 930 g/mol. The molecule has 0 spiro atoms. The van der Waals surface area contributed by atoms with Gasteiger partial charge in [-0.1, -0.05) is 130 Å². The number of nitrogens with zero attached hydrogens (tertiary/aromatic N) is 2. The highest BCUT2D eigenvalue weighted by molar-refractivity contribution is 7.99. The molecule has 0 radical (unpaired) electrons. The van der Waals surface area contributed by atoms with Crippen LogP contribution >= 0.6 is 23.5 Å². The maximum Gasteiger partial charge on any atom is 0.325 e. The Balaban J connectivity index is 5.19. The molecule has 0 aliphatic carbocycles. The molecule has 1 amide bonds. The summed E-state index contributed by atoms with van der Waals surface area (Å²) in [6.45, 7) is 9.67. The largest absolute Gasteiger partial charge is 0.462 e. The molecule has 0 heterocycles. The van der Waals surface area contributed by atoms with Crippen LogP contribution in [0.5, 0.6) is 0 Å². The van der Waals surface area contributed by atoms with Gasteiger partial charge in [0.05, 0.1) is 0 Å². The van der Waals surface area contributed by atoms with Crippen molar-refractivity contribution in [1.29, 1.82) is 0 Å². The second-order valence-electron chi connectivity index (χ2n) is 18.4. The first-order valence-corrected chi connectivity index (χ1v) is 28.5. The summed E-state index contributed by atoms with van der Waals surface area (Å²) in [7, 11) is 5.74. The van der Waals surface area contributed by atoms with Crippen molar-refractivity contribution in [1.82, 2.24) is 9.80 Å². The first kappa shape index (κ1) is 61.5. The summed E-state index contributed by atoms with van der Waals surface area (Å²) in [6.07, 6.45) is 32.2. The van der Waals surface area contributed by atoms with E-state index in [0.29, 0.717) is 19.3 Å². The van der Waals surface area contributed by atoms with Crippen LogP contribution in [-0.4, -0.2) is 109 Å². The van der Waals surface area contributed by atoms with Crippen molar-refractivity contribution < 1.29 is 33.4 Å². The van der Waals surface area contributed by atoms with Crippen LogP contribution in [0.2, 0.25) is 0 Å². The third-order valence-corrected chi connectivity index (χ3v) is 14.0. The fourth-order valence-electron chi connectivity index (χ4n) is 7.63. The molecule has 3 atom stereocenters. The van der Waals surface area contributed by atoms with Crippen LogP contribution in [0.4, 0.5) is 0 Å². The molecule has 9 nitrogen and oxygen atoms in total. The number of thioether (sulfide) groups is 2. The molecule has 0 fully saturated rings. The summed E-state index contributed by atoms with van der Waals surface area (Å²) in [5.41, 5.74) is 0. The molecular formula is C52H100N2O7S2. The van der Waals surface area contributed by atoms with Crippen molar-refractivity contribution in [2.45, 2.75) is 251 Å². The van der Waals surface area contributed by atoms with Crippen LogP contribution in [0.3, 0.4) is 0 Å². The molecule has 0 bridgehead atoms. The molecule has 3 unspecified atom stereocenters. The zero-order chi connectivity index (χ0) is 46.6. The van der Waals surface area contributed by atoms with Crippen LogP contribution in [0.25, 0.3) is 0 Å². The molecule has 0 aromatic rings. The molecule has 11 heteroatoms. The molecular weight excluding hydrogens is 829 g/mol. The van der Waals surface area contributed by atoms with Crippen LogP contribution < -0.4 is 0 Å². The fourth-order valence-corrected chi connectivity index (χ4v) is 9.77. The minimum Gasteiger partial charge on any atom is -0.462 e. The number of esters is 3. The van der Waals surface area contributed by atoms with E-state index in [2.05, 4.69) is 32.6 Å². The highest BCUT2D eigenvalue weighted by Gasteiger charge is 2.20. The summed E-state index contributed by atoms with van der Waals surface area (Å²) in [5, 5.41) is 0. The first-order valence-electron chi connectivity index (χ1n) is 26.2. The number of hydrogen-bond acceptors (Lipinski definition) is 10. The minimum absolute atomic E-state index is 0.00292. The van der Waals surface area contributed by atoms with Gasteiger partial charge in [-0.05, 0) is 116 Å². The van der Waals surface area contributed by atoms with Gasteiger partial charge in [-0.3, -0.25) is 19.2 Å². The smallest absolute Gasteiger partial charge is 0.325 e. The Labute approximate surface area is 397 Å². The van der Waals surface area contributed by atoms with Crippen LogP contribution in [0, 0.1) is 0 Å². The van der Waals surface area contributed by atoms with E-state index >= 15 is 0 Å². The predicted octanol–water partition coefficient (Wildman–Crippen LogP) is 13.8. The van der Waals surface area contributed by atoms with E-state index in [9.17, 15) is 19.2 Å². The second-order valence-corrected chi connectivity index (χ2v) is 20.7. The second kappa shape index (κ2) is 45.7. The zero-order valence-electron chi connectivity index (χ0n) is 42.2. The van der Waals surface area contributed by atoms with Gasteiger partial charge >= 0.3 is 17.9 Å². The van der Waals surface area contributed by atoms with Crippen LogP contribution in [0.1, 0.15) is 233 Å². The number of ether oxygens (including phenoxy) is 3. The van der Waals surface area contributed by atoms with Gasteiger partial charge in [0.15, 0.2) is 0 Å². The monoisotopic (exact) mass is 929 g/mol. The summed E-state index contributed by atoms with van der Waals surface area (Å²) >= 11 is 3.79. The van der Waals surface area contributed by atoms with Crippen molar-refractivity contribution in [3.05, 3.63) is 0 Å². The van der Waals surface area contributed by atoms with E-state index in [4.69, 9.17) is 14.2 Å². The van der Waals surface area contributed by atoms with E-state index in [1.807, 2.05) is 37.6 Å². The highest BCUT2D eigenvalue weighted by atomic mass is 32.2. The standard InChI is InChI=1S/C52H100N2O7S2/c1-8-12-16-19-20-21-29-38-50(56)60-47(44-62-41-30-17-13-9-2)35-27-22-25-33-46(59-51(57)39-32-40-53(5)6)34-26-23-28-36-48(45-63-42-31-18-14-10-3)61-52(58)43-54(7)49(55)37-24-15-11-4/h46-48H,8-45H2,1-7H3. The molecule has 0 aliphatic heterocycles. The Kier molecular flexibility index (Phi) is 44.6. The number of carbonyl (C=O) groups is 4. The number of amides is 1. The fraction of sp³-hybridized carbons (Fsp3) is 0.923. The van der Waals surface area contributed by atoms with Crippen molar-refractivity contribution >= 4 is 47.3 Å². The van der Waals surface area contributed by atoms with Crippen LogP contribution in [-0.2, 0) is 33.4 Å². The summed E-state index contributed by atoms with van der Waals surface area (Å²) in [4.78, 5) is 54.9. The molecule has 0 aromatic heterocycles. The van der Waals surface area contributed by atoms with Gasteiger partial charge in [0.1, 0.15) is 24.9 Å². The van der Waals surface area contributed by atoms with Crippen LogP contribution in [0.15, 0.2) is 0 Å². The molecule has 372 valence electrons. The Morgan fingerprint density at radius 2 is 0.778 bits per heavy atom. The Bertz CT molecular complexity index is 1080. The van der Waals surface area contributed by atoms with E-state index in [1.54, 1.807) is 7.05 Å². The number of likely N-dealkylation sites (N-methyl/N-ethyl adjacent to an activating group) is 1. The lowest BCUT2D eigenvalue weighted by Gasteiger charge is -2.21. The lowest BCUT2D eigenvalue weighted by molar-refractivity contribution is -0.152. The molecule has 0 aromatic carbocycles. The summed E-state index contributed by atoms with van der Waals surface area (Å²) in [6, 6.07) is 0. The van der Waals surface area contributed by atoms with Gasteiger partial charge in [-0.2, -0.15) is 23.5 Å². The van der Waals surface area contributed by atoms with E-state index in [1.165, 1.54) is 88.4 Å². The number of hydrogen-bond donors (Lipinski definition) is 0. The Hall–Kier alpha value is -1.46. The van der Waals surface area contributed by atoms with Gasteiger partial charge in [0, 0.05) is 37.8 Å². The molecule has 0 N–H and O–H groups in total. The molecule has 0 aliphatic rings. The maximum absolute atomic E-state index is 13.0. The maximum atomic E-state index is 13.0. The summed E-state index contributed by atoms with van der Waals surface area (Å²) < 4.78 is 18.2. The van der Waals surface area contributed by atoms with Gasteiger partial charge in [0.2, 0.25) is 5.91 Å². The molecule has 0 rings (SSSR count). The Morgan fingerprint density at radius 3 is 1.27 bits per heavy atom. The Morgan fingerprint density at radius 1 is 0.413 bits per heavy atom. The van der Waals surface area contributed by atoms with Gasteiger partial charge in [-0.15, -0.1) is 0 Å². The highest BCUT2D eigenvalue weighted by Crippen LogP contribution is 2.22. The molecule has 63 heavy (non-hydrogen) atoms. The number of carbonyl (C=O) groups excluding carboxylic acids is 4. The minimum atomic E-state index is -0.326. The predicted molar refractivity (Wildman–Crippen MR) is 271 cm³/mol. The topological polar surface area (TPSA) is 102 Å². The number of unbranched alkanes of at least 4 members (excludes halogenated alkanes) is 18. The average Bonchev–Trinajstić information content (AvgIpc) is 3.24. The van der Waals surface area contributed by atoms with Gasteiger partial charge in [-0.25, -0.2) is 0 Å². The van der Waals surface area contributed by atoms with E-state index < -0.39 is 0 Å². The number of rotatable bonds is 47. The van der Waals surface area contributed by atoms with Crippen molar-refractivity contribution in [3.63, 3.8) is 0 Å². The lowest BCUT2D eigenvalue weighted by atomic mass is 10.0. The third-order valence-electron chi connectivity index (χ3n) is 11.6. The molecule has 0 saturated heterocycles. The zero-order valence-corrected chi connectivity index (χ0v) is 43.8. The molecule has 0 saturated carbocycles. The SMILES string of the molecule is CCCCCCCCCC(=O)OC(CCCCCC(CCCCCC(CSCCCCCC)OC(=O)CN(C)C(=O)CCCCC)OC(=O)CCCN(C)C)CSCCCCCC. The lowest BCUT2D eigenvalue weighted by Crippen LogP contribution is -2.35. The van der Waals surface area contributed by atoms with E-state index in [-0.39, 0.29) is 48.7 Å². The van der Waals surface area contributed by atoms with Crippen molar-refractivity contribution in [2.24, 2.45) is 0 Å². The quantitative estimate of drug-likeness (QED) is 0.0333. The van der Waals surface area contributed by atoms with Crippen molar-refractivity contribution in [2.75, 3.05) is 57.2 Å².